The molecule has 1 aliphatic rings. The first-order valence-corrected chi connectivity index (χ1v) is 12.8. The van der Waals surface area contributed by atoms with E-state index in [4.69, 9.17) is 38.4 Å². The van der Waals surface area contributed by atoms with E-state index in [1.807, 2.05) is 12.1 Å². The third-order valence-corrected chi connectivity index (χ3v) is 6.88. The lowest BCUT2D eigenvalue weighted by Crippen LogP contribution is -2.38. The molecule has 3 aromatic rings. The zero-order valence-corrected chi connectivity index (χ0v) is 22.0. The SMILES string of the molecule is CC(Oc1cc(-c2cccc(C(=O)NCCCN3CCOCC3)c2)cnc1N)c1c(Cl)ccc(F)c1Cl. The summed E-state index contributed by atoms with van der Waals surface area (Å²) in [5, 5.41) is 3.16. The summed E-state index contributed by atoms with van der Waals surface area (Å²) >= 11 is 12.4. The van der Waals surface area contributed by atoms with Crippen molar-refractivity contribution in [1.29, 1.82) is 0 Å². The normalized spacial score (nSPS) is 14.8. The van der Waals surface area contributed by atoms with Crippen molar-refractivity contribution in [3.63, 3.8) is 0 Å². The molecule has 1 atom stereocenters. The third kappa shape index (κ3) is 6.90. The summed E-state index contributed by atoms with van der Waals surface area (Å²) in [6.45, 7) is 6.59. The third-order valence-electron chi connectivity index (χ3n) is 6.17. The van der Waals surface area contributed by atoms with E-state index in [9.17, 15) is 9.18 Å². The minimum Gasteiger partial charge on any atom is -0.482 e. The van der Waals surface area contributed by atoms with E-state index < -0.39 is 11.9 Å². The van der Waals surface area contributed by atoms with Crippen molar-refractivity contribution in [2.24, 2.45) is 0 Å². The van der Waals surface area contributed by atoms with Crippen LogP contribution in [0, 0.1) is 5.82 Å². The Morgan fingerprint density at radius 1 is 1.22 bits per heavy atom. The summed E-state index contributed by atoms with van der Waals surface area (Å²) < 4.78 is 25.3. The molecule has 7 nitrogen and oxygen atoms in total. The van der Waals surface area contributed by atoms with E-state index in [1.54, 1.807) is 31.3 Å². The minimum atomic E-state index is -0.690. The number of nitrogen functional groups attached to an aromatic ring is 1. The van der Waals surface area contributed by atoms with Gasteiger partial charge in [-0.2, -0.15) is 0 Å². The number of ether oxygens (including phenoxy) is 2. The number of morpholine rings is 1. The molecule has 1 unspecified atom stereocenters. The van der Waals surface area contributed by atoms with E-state index in [2.05, 4.69) is 15.2 Å². The molecule has 1 saturated heterocycles. The molecule has 37 heavy (non-hydrogen) atoms. The molecule has 1 fully saturated rings. The van der Waals surface area contributed by atoms with Crippen molar-refractivity contribution in [2.45, 2.75) is 19.4 Å². The standard InChI is InChI=1S/C27H29Cl2FN4O3/c1-17(24-21(28)6-7-22(30)25(24)29)37-23-15-20(16-33-26(23)31)18-4-2-5-19(14-18)27(35)32-8-3-9-34-10-12-36-13-11-34/h2,4-7,14-17H,3,8-13H2,1H3,(H2,31,33)(H,32,35). The lowest BCUT2D eigenvalue weighted by molar-refractivity contribution is 0.0374. The van der Waals surface area contributed by atoms with Crippen molar-refractivity contribution >= 4 is 34.9 Å². The molecular formula is C27H29Cl2FN4O3. The summed E-state index contributed by atoms with van der Waals surface area (Å²) in [6.07, 6.45) is 1.78. The van der Waals surface area contributed by atoms with Gasteiger partial charge in [0.25, 0.3) is 5.91 Å². The molecule has 1 aliphatic heterocycles. The van der Waals surface area contributed by atoms with Gasteiger partial charge >= 0.3 is 0 Å². The van der Waals surface area contributed by atoms with E-state index in [-0.39, 0.29) is 21.8 Å². The fourth-order valence-electron chi connectivity index (χ4n) is 4.14. The zero-order chi connectivity index (χ0) is 26.4. The number of halogens is 3. The number of aromatic nitrogens is 1. The Labute approximate surface area is 225 Å². The molecule has 4 rings (SSSR count). The molecular weight excluding hydrogens is 518 g/mol. The summed E-state index contributed by atoms with van der Waals surface area (Å²) in [5.41, 5.74) is 8.38. The maximum absolute atomic E-state index is 14.0. The second kappa shape index (κ2) is 12.6. The topological polar surface area (TPSA) is 89.7 Å². The van der Waals surface area contributed by atoms with Crippen LogP contribution >= 0.6 is 23.2 Å². The maximum Gasteiger partial charge on any atom is 0.251 e. The molecule has 0 bridgehead atoms. The predicted molar refractivity (Wildman–Crippen MR) is 144 cm³/mol. The van der Waals surface area contributed by atoms with Gasteiger partial charge in [-0.15, -0.1) is 0 Å². The van der Waals surface area contributed by atoms with Crippen LogP contribution in [0.1, 0.15) is 35.4 Å². The highest BCUT2D eigenvalue weighted by molar-refractivity contribution is 6.36. The first-order valence-electron chi connectivity index (χ1n) is 12.1. The van der Waals surface area contributed by atoms with Crippen molar-refractivity contribution < 1.29 is 18.7 Å². The summed E-state index contributed by atoms with van der Waals surface area (Å²) in [4.78, 5) is 19.3. The number of nitrogens with two attached hydrogens (primary N) is 1. The second-order valence-corrected chi connectivity index (χ2v) is 9.55. The lowest BCUT2D eigenvalue weighted by atomic mass is 10.0. The number of nitrogens with zero attached hydrogens (tertiary/aromatic N) is 2. The van der Waals surface area contributed by atoms with Crippen molar-refractivity contribution in [2.75, 3.05) is 45.1 Å². The van der Waals surface area contributed by atoms with Gasteiger partial charge in [0.1, 0.15) is 11.9 Å². The van der Waals surface area contributed by atoms with Gasteiger partial charge in [-0.3, -0.25) is 9.69 Å². The minimum absolute atomic E-state index is 0.105. The highest BCUT2D eigenvalue weighted by atomic mass is 35.5. The van der Waals surface area contributed by atoms with Crippen LogP contribution in [0.4, 0.5) is 10.2 Å². The maximum atomic E-state index is 14.0. The highest BCUT2D eigenvalue weighted by Gasteiger charge is 2.20. The van der Waals surface area contributed by atoms with Gasteiger partial charge in [0.05, 0.1) is 18.2 Å². The average Bonchev–Trinajstić information content (AvgIpc) is 2.91. The molecule has 196 valence electrons. The molecule has 2 heterocycles. The Morgan fingerprint density at radius 2 is 2.00 bits per heavy atom. The number of pyridine rings is 1. The molecule has 0 spiro atoms. The Bertz CT molecular complexity index is 1250. The van der Waals surface area contributed by atoms with Gasteiger partial charge in [0.15, 0.2) is 11.6 Å². The van der Waals surface area contributed by atoms with Crippen LogP contribution in [0.5, 0.6) is 5.75 Å². The summed E-state index contributed by atoms with van der Waals surface area (Å²) in [7, 11) is 0. The van der Waals surface area contributed by atoms with Gasteiger partial charge < -0.3 is 20.5 Å². The summed E-state index contributed by atoms with van der Waals surface area (Å²) in [6, 6.07) is 11.6. The number of benzene rings is 2. The van der Waals surface area contributed by atoms with Gasteiger partial charge in [-0.1, -0.05) is 35.3 Å². The lowest BCUT2D eigenvalue weighted by Gasteiger charge is -2.26. The largest absolute Gasteiger partial charge is 0.482 e. The number of rotatable bonds is 9. The quantitative estimate of drug-likeness (QED) is 0.277. The molecule has 0 saturated carbocycles. The summed E-state index contributed by atoms with van der Waals surface area (Å²) in [5.74, 6) is -0.284. The Hall–Kier alpha value is -2.91. The second-order valence-electron chi connectivity index (χ2n) is 8.77. The predicted octanol–water partition coefficient (Wildman–Crippen LogP) is 5.37. The Kier molecular flexibility index (Phi) is 9.21. The average molecular weight is 547 g/mol. The first kappa shape index (κ1) is 27.1. The number of anilines is 1. The van der Waals surface area contributed by atoms with Gasteiger partial charge in [0, 0.05) is 47.5 Å². The number of hydrogen-bond donors (Lipinski definition) is 2. The van der Waals surface area contributed by atoms with Crippen LogP contribution < -0.4 is 15.8 Å². The van der Waals surface area contributed by atoms with Crippen molar-refractivity contribution in [3.8, 4) is 16.9 Å². The van der Waals surface area contributed by atoms with Crippen LogP contribution in [0.3, 0.4) is 0 Å². The smallest absolute Gasteiger partial charge is 0.251 e. The van der Waals surface area contributed by atoms with Gasteiger partial charge in [-0.05, 0) is 55.8 Å². The van der Waals surface area contributed by atoms with Gasteiger partial charge in [-0.25, -0.2) is 9.37 Å². The Morgan fingerprint density at radius 3 is 2.78 bits per heavy atom. The van der Waals surface area contributed by atoms with Crippen molar-refractivity contribution in [3.05, 3.63) is 75.7 Å². The number of carbonyl (C=O) groups excluding carboxylic acids is 1. The van der Waals surface area contributed by atoms with E-state index in [0.29, 0.717) is 29.0 Å². The van der Waals surface area contributed by atoms with Crippen LogP contribution in [-0.4, -0.2) is 55.2 Å². The number of carbonyl (C=O) groups is 1. The first-order chi connectivity index (χ1) is 17.8. The van der Waals surface area contributed by atoms with Crippen LogP contribution in [0.25, 0.3) is 11.1 Å². The fourth-order valence-corrected chi connectivity index (χ4v) is 4.82. The molecule has 1 amide bonds. The monoisotopic (exact) mass is 546 g/mol. The molecule has 0 radical (unpaired) electrons. The molecule has 2 aromatic carbocycles. The number of hydrogen-bond acceptors (Lipinski definition) is 6. The Balaban J connectivity index is 1.43. The highest BCUT2D eigenvalue weighted by Crippen LogP contribution is 2.37. The van der Waals surface area contributed by atoms with Crippen LogP contribution in [0.2, 0.25) is 10.0 Å². The number of amides is 1. The van der Waals surface area contributed by atoms with E-state index in [1.165, 1.54) is 12.1 Å². The van der Waals surface area contributed by atoms with E-state index in [0.717, 1.165) is 44.8 Å². The van der Waals surface area contributed by atoms with Gasteiger partial charge in [0.2, 0.25) is 0 Å². The molecule has 0 aliphatic carbocycles. The zero-order valence-electron chi connectivity index (χ0n) is 20.5. The fraction of sp³-hybridized carbons (Fsp3) is 0.333. The van der Waals surface area contributed by atoms with Crippen LogP contribution in [-0.2, 0) is 4.74 Å². The number of nitrogens with one attached hydrogen (secondary N) is 1. The molecule has 3 N–H and O–H groups in total. The van der Waals surface area contributed by atoms with Crippen LogP contribution in [0.15, 0.2) is 48.7 Å². The van der Waals surface area contributed by atoms with E-state index >= 15 is 0 Å². The molecule has 10 heteroatoms. The van der Waals surface area contributed by atoms with Crippen molar-refractivity contribution in [1.82, 2.24) is 15.2 Å². The molecule has 1 aromatic heterocycles.